The number of thiophene rings is 1. The number of hydrogen-bond acceptors (Lipinski definition) is 5. The van der Waals surface area contributed by atoms with Crippen LogP contribution in [0.4, 0.5) is 4.39 Å². The van der Waals surface area contributed by atoms with Gasteiger partial charge in [-0.1, -0.05) is 22.1 Å². The van der Waals surface area contributed by atoms with Gasteiger partial charge in [0.2, 0.25) is 5.88 Å². The third kappa shape index (κ3) is 5.32. The van der Waals surface area contributed by atoms with Crippen molar-refractivity contribution in [2.75, 3.05) is 0 Å². The molecule has 146 valence electrons. The van der Waals surface area contributed by atoms with Crippen LogP contribution in [0.5, 0.6) is 11.6 Å². The highest BCUT2D eigenvalue weighted by molar-refractivity contribution is 7.91. The van der Waals surface area contributed by atoms with Crippen molar-refractivity contribution < 1.29 is 13.7 Å². The summed E-state index contributed by atoms with van der Waals surface area (Å²) >= 11 is 5.96. The van der Waals surface area contributed by atoms with Crippen molar-refractivity contribution in [3.8, 4) is 11.6 Å². The lowest BCUT2D eigenvalue weighted by atomic mass is 10.1. The fourth-order valence-electron chi connectivity index (χ4n) is 2.13. The van der Waals surface area contributed by atoms with Crippen LogP contribution in [0, 0.1) is 5.82 Å². The van der Waals surface area contributed by atoms with E-state index in [0.29, 0.717) is 27.4 Å². The molecule has 3 aromatic rings. The maximum atomic E-state index is 13.1. The van der Waals surface area contributed by atoms with E-state index in [9.17, 15) is 8.94 Å². The average molecular weight is 437 g/mol. The standard InChI is InChI=1S/C20H18ClFN2O2S2/c1-20(2,3)28(25)24-19(13-11-17(21)27-12-13)16-5-4-6-18(23-16)26-15-9-7-14(22)8-10-15/h4-12H,1-3H3/b24-19+. The van der Waals surface area contributed by atoms with Crippen molar-refractivity contribution in [1.82, 2.24) is 4.98 Å². The summed E-state index contributed by atoms with van der Waals surface area (Å²) in [6, 6.07) is 12.6. The highest BCUT2D eigenvalue weighted by atomic mass is 35.5. The second kappa shape index (κ2) is 8.61. The van der Waals surface area contributed by atoms with Gasteiger partial charge >= 0.3 is 0 Å². The van der Waals surface area contributed by atoms with Gasteiger partial charge in [0.1, 0.15) is 33.4 Å². The zero-order valence-corrected chi connectivity index (χ0v) is 17.9. The Balaban J connectivity index is 1.98. The maximum absolute atomic E-state index is 13.1. The zero-order chi connectivity index (χ0) is 20.3. The van der Waals surface area contributed by atoms with Crippen molar-refractivity contribution in [2.45, 2.75) is 25.5 Å². The molecule has 3 rings (SSSR count). The molecule has 0 radical (unpaired) electrons. The van der Waals surface area contributed by atoms with Crippen molar-refractivity contribution in [1.29, 1.82) is 0 Å². The lowest BCUT2D eigenvalue weighted by Gasteiger charge is -2.19. The molecule has 8 heteroatoms. The quantitative estimate of drug-likeness (QED) is 0.362. The minimum atomic E-state index is -1.48. The molecule has 0 saturated heterocycles. The number of hydrogen-bond donors (Lipinski definition) is 0. The molecule has 28 heavy (non-hydrogen) atoms. The predicted octanol–water partition coefficient (Wildman–Crippen LogP) is 6.03. The predicted molar refractivity (Wildman–Crippen MR) is 114 cm³/mol. The van der Waals surface area contributed by atoms with Crippen LogP contribution in [0.3, 0.4) is 0 Å². The minimum absolute atomic E-state index is 0.319. The van der Waals surface area contributed by atoms with Crippen molar-refractivity contribution >= 4 is 40.0 Å². The highest BCUT2D eigenvalue weighted by Gasteiger charge is 2.28. The van der Waals surface area contributed by atoms with E-state index in [-0.39, 0.29) is 5.82 Å². The lowest BCUT2D eigenvalue weighted by molar-refractivity contribution is 0.461. The van der Waals surface area contributed by atoms with Crippen LogP contribution < -0.4 is 4.74 Å². The maximum Gasteiger partial charge on any atom is 0.219 e. The fourth-order valence-corrected chi connectivity index (χ4v) is 3.63. The second-order valence-corrected chi connectivity index (χ2v) is 10.3. The van der Waals surface area contributed by atoms with E-state index in [1.54, 1.807) is 24.3 Å². The molecule has 0 fully saturated rings. The first-order valence-electron chi connectivity index (χ1n) is 8.38. The van der Waals surface area contributed by atoms with Crippen molar-refractivity contribution in [3.63, 3.8) is 0 Å². The third-order valence-electron chi connectivity index (χ3n) is 3.54. The number of rotatable bonds is 5. The van der Waals surface area contributed by atoms with Gasteiger partial charge in [-0.2, -0.15) is 0 Å². The van der Waals surface area contributed by atoms with Gasteiger partial charge in [-0.25, -0.2) is 9.37 Å². The van der Waals surface area contributed by atoms with Gasteiger partial charge in [-0.3, -0.25) is 0 Å². The first-order chi connectivity index (χ1) is 13.2. The summed E-state index contributed by atoms with van der Waals surface area (Å²) in [7, 11) is 0. The van der Waals surface area contributed by atoms with Crippen LogP contribution in [-0.4, -0.2) is 20.0 Å². The average Bonchev–Trinajstić information content (AvgIpc) is 3.07. The van der Waals surface area contributed by atoms with Crippen LogP contribution in [0.2, 0.25) is 4.34 Å². The highest BCUT2D eigenvalue weighted by Crippen LogP contribution is 2.26. The topological polar surface area (TPSA) is 57.5 Å². The molecule has 0 bridgehead atoms. The van der Waals surface area contributed by atoms with E-state index in [2.05, 4.69) is 9.38 Å². The van der Waals surface area contributed by atoms with Crippen LogP contribution >= 0.6 is 22.9 Å². The van der Waals surface area contributed by atoms with Crippen LogP contribution in [0.15, 0.2) is 58.3 Å². The molecule has 0 amide bonds. The number of halogens is 2. The zero-order valence-electron chi connectivity index (χ0n) is 15.5. The molecule has 1 aromatic carbocycles. The first-order valence-corrected chi connectivity index (χ1v) is 10.7. The molecule has 2 aromatic heterocycles. The number of ether oxygens (including phenoxy) is 1. The number of benzene rings is 1. The molecular weight excluding hydrogens is 419 g/mol. The SMILES string of the molecule is CC(C)(C)[S+]([O-])/N=C(\c1csc(Cl)c1)c1cccc(Oc2ccc(F)cc2)n1. The fraction of sp³-hybridized carbons (Fsp3) is 0.200. The van der Waals surface area contributed by atoms with E-state index in [1.165, 1.54) is 35.6 Å². The monoisotopic (exact) mass is 436 g/mol. The molecule has 0 aliphatic rings. The minimum Gasteiger partial charge on any atom is -0.591 e. The van der Waals surface area contributed by atoms with Crippen LogP contribution in [0.1, 0.15) is 32.0 Å². The number of nitrogens with zero attached hydrogens (tertiary/aromatic N) is 2. The smallest absolute Gasteiger partial charge is 0.219 e. The Morgan fingerprint density at radius 1 is 1.21 bits per heavy atom. The summed E-state index contributed by atoms with van der Waals surface area (Å²) in [4.78, 5) is 4.49. The Labute approximate surface area is 175 Å². The van der Waals surface area contributed by atoms with Crippen molar-refractivity contribution in [3.05, 3.63) is 75.3 Å². The third-order valence-corrected chi connectivity index (χ3v) is 6.03. The van der Waals surface area contributed by atoms with Gasteiger partial charge in [-0.05, 0) is 57.2 Å². The summed E-state index contributed by atoms with van der Waals surface area (Å²) in [6.45, 7) is 5.56. The van der Waals surface area contributed by atoms with Gasteiger partial charge in [0, 0.05) is 17.0 Å². The molecule has 0 spiro atoms. The van der Waals surface area contributed by atoms with Gasteiger partial charge in [0.15, 0.2) is 0 Å². The lowest BCUT2D eigenvalue weighted by Crippen LogP contribution is -2.27. The van der Waals surface area contributed by atoms with Crippen LogP contribution in [0.25, 0.3) is 0 Å². The Kier molecular flexibility index (Phi) is 6.40. The van der Waals surface area contributed by atoms with E-state index < -0.39 is 16.1 Å². The van der Waals surface area contributed by atoms with E-state index in [4.69, 9.17) is 16.3 Å². The molecule has 0 saturated carbocycles. The van der Waals surface area contributed by atoms with Gasteiger partial charge in [-0.15, -0.1) is 11.3 Å². The summed E-state index contributed by atoms with van der Waals surface area (Å²) < 4.78 is 35.9. The molecule has 1 atom stereocenters. The van der Waals surface area contributed by atoms with Crippen LogP contribution in [-0.2, 0) is 11.4 Å². The first kappa shape index (κ1) is 20.8. The summed E-state index contributed by atoms with van der Waals surface area (Å²) in [5, 5.41) is 1.84. The second-order valence-electron chi connectivity index (χ2n) is 6.86. The Morgan fingerprint density at radius 3 is 2.54 bits per heavy atom. The van der Waals surface area contributed by atoms with Gasteiger partial charge < -0.3 is 9.29 Å². The number of pyridine rings is 1. The summed E-state index contributed by atoms with van der Waals surface area (Å²) in [6.07, 6.45) is 0. The van der Waals surface area contributed by atoms with E-state index >= 15 is 0 Å². The van der Waals surface area contributed by atoms with E-state index in [1.807, 2.05) is 26.2 Å². The van der Waals surface area contributed by atoms with Gasteiger partial charge in [0.25, 0.3) is 0 Å². The normalized spacial score (nSPS) is 13.4. The molecule has 0 aliphatic carbocycles. The largest absolute Gasteiger partial charge is 0.591 e. The molecule has 0 N–H and O–H groups in total. The summed E-state index contributed by atoms with van der Waals surface area (Å²) in [5.74, 6) is 0.434. The van der Waals surface area contributed by atoms with E-state index in [0.717, 1.165) is 5.56 Å². The summed E-state index contributed by atoms with van der Waals surface area (Å²) in [5.41, 5.74) is 1.71. The number of aromatic nitrogens is 1. The van der Waals surface area contributed by atoms with Crippen molar-refractivity contribution in [2.24, 2.45) is 4.40 Å². The van der Waals surface area contributed by atoms with Gasteiger partial charge in [0.05, 0.1) is 10.0 Å². The Bertz CT molecular complexity index is 984. The molecule has 0 aliphatic heterocycles. The molecule has 1 unspecified atom stereocenters. The molecular formula is C20H18ClFN2O2S2. The molecule has 4 nitrogen and oxygen atoms in total. The molecule has 2 heterocycles. The Morgan fingerprint density at radius 2 is 1.93 bits per heavy atom. The Hall–Kier alpha value is -1.93.